The quantitative estimate of drug-likeness (QED) is 0.781. The van der Waals surface area contributed by atoms with Crippen molar-refractivity contribution in [3.8, 4) is 0 Å². The molecule has 0 radical (unpaired) electrons. The molecule has 2 heterocycles. The molecule has 0 bridgehead atoms. The van der Waals surface area contributed by atoms with Crippen LogP contribution in [0.3, 0.4) is 0 Å². The Morgan fingerprint density at radius 1 is 1.15 bits per heavy atom. The number of likely N-dealkylation sites (tertiary alicyclic amines) is 2. The van der Waals surface area contributed by atoms with E-state index < -0.39 is 0 Å². The first-order valence-corrected chi connectivity index (χ1v) is 10.2. The molecule has 1 amide bonds. The number of nitrogens with one attached hydrogen (secondary N) is 2. The largest absolute Gasteiger partial charge is 0.358 e. The lowest BCUT2D eigenvalue weighted by atomic mass is 10.0. The minimum absolute atomic E-state index is 0.0297. The lowest BCUT2D eigenvalue weighted by Crippen LogP contribution is -2.47. The monoisotopic (exact) mass is 358 g/mol. The predicted octanol–water partition coefficient (Wildman–Crippen LogP) is 1.84. The Morgan fingerprint density at radius 2 is 1.88 bits per heavy atom. The van der Waals surface area contributed by atoms with E-state index in [0.29, 0.717) is 12.1 Å². The SMILES string of the molecule is CCCN1CCC(N[C@@H]2C[C@@H](C(=O)NC)N(Cc3ccccc3)C2)CC1. The lowest BCUT2D eigenvalue weighted by molar-refractivity contribution is -0.125. The molecule has 2 aliphatic heterocycles. The van der Waals surface area contributed by atoms with Crippen molar-refractivity contribution < 1.29 is 4.79 Å². The molecule has 2 N–H and O–H groups in total. The Balaban J connectivity index is 1.55. The van der Waals surface area contributed by atoms with Crippen LogP contribution < -0.4 is 10.6 Å². The number of amides is 1. The molecule has 3 rings (SSSR count). The van der Waals surface area contributed by atoms with E-state index in [-0.39, 0.29) is 11.9 Å². The van der Waals surface area contributed by atoms with E-state index in [4.69, 9.17) is 0 Å². The highest BCUT2D eigenvalue weighted by Gasteiger charge is 2.37. The van der Waals surface area contributed by atoms with Crippen LogP contribution in [0.4, 0.5) is 0 Å². The molecule has 0 saturated carbocycles. The normalized spacial score (nSPS) is 25.5. The molecule has 0 aromatic heterocycles. The van der Waals surface area contributed by atoms with E-state index in [1.807, 2.05) is 6.07 Å². The van der Waals surface area contributed by atoms with Gasteiger partial charge in [0.15, 0.2) is 0 Å². The van der Waals surface area contributed by atoms with Crippen LogP contribution in [0.1, 0.15) is 38.2 Å². The summed E-state index contributed by atoms with van der Waals surface area (Å²) >= 11 is 0. The molecule has 2 aliphatic rings. The van der Waals surface area contributed by atoms with Gasteiger partial charge in [0.05, 0.1) is 6.04 Å². The minimum Gasteiger partial charge on any atom is -0.358 e. The fourth-order valence-electron chi connectivity index (χ4n) is 4.43. The maximum atomic E-state index is 12.4. The predicted molar refractivity (Wildman–Crippen MR) is 106 cm³/mol. The third-order valence-electron chi connectivity index (χ3n) is 5.78. The molecule has 0 spiro atoms. The van der Waals surface area contributed by atoms with Crippen LogP contribution in [0, 0.1) is 0 Å². The zero-order valence-electron chi connectivity index (χ0n) is 16.3. The van der Waals surface area contributed by atoms with Crippen LogP contribution in [0.5, 0.6) is 0 Å². The van der Waals surface area contributed by atoms with Crippen molar-refractivity contribution in [2.24, 2.45) is 0 Å². The van der Waals surface area contributed by atoms with Gasteiger partial charge in [-0.3, -0.25) is 9.69 Å². The van der Waals surface area contributed by atoms with E-state index in [1.54, 1.807) is 7.05 Å². The summed E-state index contributed by atoms with van der Waals surface area (Å²) in [6.45, 7) is 7.66. The summed E-state index contributed by atoms with van der Waals surface area (Å²) in [6.07, 6.45) is 4.59. The standard InChI is InChI=1S/C21H34N4O/c1-3-11-24-12-9-18(10-13-24)23-19-14-20(21(26)22-2)25(16-19)15-17-7-5-4-6-8-17/h4-8,18-20,23H,3,9-16H2,1-2H3,(H,22,26)/t19-,20+/m1/s1. The summed E-state index contributed by atoms with van der Waals surface area (Å²) in [6, 6.07) is 11.4. The number of hydrogen-bond donors (Lipinski definition) is 2. The molecule has 0 unspecified atom stereocenters. The molecule has 5 heteroatoms. The highest BCUT2D eigenvalue weighted by molar-refractivity contribution is 5.81. The Labute approximate surface area is 158 Å². The van der Waals surface area contributed by atoms with Gasteiger partial charge in [0.2, 0.25) is 5.91 Å². The molecule has 2 fully saturated rings. The second-order valence-electron chi connectivity index (χ2n) is 7.76. The van der Waals surface area contributed by atoms with Gasteiger partial charge in [-0.15, -0.1) is 0 Å². The van der Waals surface area contributed by atoms with Crippen LogP contribution in [0.15, 0.2) is 30.3 Å². The van der Waals surface area contributed by atoms with E-state index in [9.17, 15) is 4.79 Å². The summed E-state index contributed by atoms with van der Waals surface area (Å²) in [7, 11) is 1.74. The molecule has 2 atom stereocenters. The molecule has 1 aromatic rings. The van der Waals surface area contributed by atoms with E-state index >= 15 is 0 Å². The molecule has 0 aliphatic carbocycles. The first-order chi connectivity index (χ1) is 12.7. The number of benzene rings is 1. The topological polar surface area (TPSA) is 47.6 Å². The molecule has 26 heavy (non-hydrogen) atoms. The summed E-state index contributed by atoms with van der Waals surface area (Å²) in [5, 5.41) is 6.71. The third kappa shape index (κ3) is 5.06. The van der Waals surface area contributed by atoms with Gasteiger partial charge in [-0.25, -0.2) is 0 Å². The van der Waals surface area contributed by atoms with E-state index in [1.165, 1.54) is 44.5 Å². The molecule has 2 saturated heterocycles. The Kier molecular flexibility index (Phi) is 7.06. The van der Waals surface area contributed by atoms with Crippen molar-refractivity contribution in [1.29, 1.82) is 0 Å². The second kappa shape index (κ2) is 9.49. The molecular weight excluding hydrogens is 324 g/mol. The Hall–Kier alpha value is -1.43. The Bertz CT molecular complexity index is 556. The summed E-state index contributed by atoms with van der Waals surface area (Å²) in [4.78, 5) is 17.3. The number of rotatable bonds is 7. The fraction of sp³-hybridized carbons (Fsp3) is 0.667. The molecule has 1 aromatic carbocycles. The van der Waals surface area contributed by atoms with Crippen molar-refractivity contribution in [1.82, 2.24) is 20.4 Å². The van der Waals surface area contributed by atoms with Gasteiger partial charge in [-0.2, -0.15) is 0 Å². The number of nitrogens with zero attached hydrogens (tertiary/aromatic N) is 2. The maximum absolute atomic E-state index is 12.4. The first kappa shape index (κ1) is 19.3. The fourth-order valence-corrected chi connectivity index (χ4v) is 4.43. The second-order valence-corrected chi connectivity index (χ2v) is 7.76. The highest BCUT2D eigenvalue weighted by atomic mass is 16.2. The summed E-state index contributed by atoms with van der Waals surface area (Å²) in [5.41, 5.74) is 1.27. The van der Waals surface area contributed by atoms with Gasteiger partial charge in [0, 0.05) is 32.2 Å². The maximum Gasteiger partial charge on any atom is 0.237 e. The zero-order chi connectivity index (χ0) is 18.4. The molecular formula is C21H34N4O. The van der Waals surface area contributed by atoms with Crippen molar-refractivity contribution in [3.05, 3.63) is 35.9 Å². The van der Waals surface area contributed by atoms with Crippen LogP contribution in [0.2, 0.25) is 0 Å². The van der Waals surface area contributed by atoms with Crippen molar-refractivity contribution in [2.75, 3.05) is 33.2 Å². The van der Waals surface area contributed by atoms with E-state index in [2.05, 4.69) is 51.6 Å². The highest BCUT2D eigenvalue weighted by Crippen LogP contribution is 2.23. The van der Waals surface area contributed by atoms with E-state index in [0.717, 1.165) is 19.5 Å². The van der Waals surface area contributed by atoms with Gasteiger partial charge < -0.3 is 15.5 Å². The third-order valence-corrected chi connectivity index (χ3v) is 5.78. The van der Waals surface area contributed by atoms with Crippen molar-refractivity contribution >= 4 is 5.91 Å². The first-order valence-electron chi connectivity index (χ1n) is 10.2. The number of likely N-dealkylation sites (N-methyl/N-ethyl adjacent to an activating group) is 1. The molecule has 5 nitrogen and oxygen atoms in total. The van der Waals surface area contributed by atoms with Gasteiger partial charge in [0.25, 0.3) is 0 Å². The van der Waals surface area contributed by atoms with Gasteiger partial charge in [-0.1, -0.05) is 37.3 Å². The van der Waals surface area contributed by atoms with Crippen molar-refractivity contribution in [2.45, 2.75) is 57.3 Å². The smallest absolute Gasteiger partial charge is 0.237 e. The van der Waals surface area contributed by atoms with Gasteiger partial charge in [-0.05, 0) is 50.9 Å². The van der Waals surface area contributed by atoms with Crippen LogP contribution in [-0.2, 0) is 11.3 Å². The van der Waals surface area contributed by atoms with Gasteiger partial charge >= 0.3 is 0 Å². The zero-order valence-corrected chi connectivity index (χ0v) is 16.3. The molecule has 144 valence electrons. The number of hydrogen-bond acceptors (Lipinski definition) is 4. The summed E-state index contributed by atoms with van der Waals surface area (Å²) in [5.74, 6) is 0.142. The van der Waals surface area contributed by atoms with Crippen LogP contribution in [0.25, 0.3) is 0 Å². The number of piperidine rings is 1. The Morgan fingerprint density at radius 3 is 2.54 bits per heavy atom. The number of carbonyl (C=O) groups is 1. The average molecular weight is 359 g/mol. The summed E-state index contributed by atoms with van der Waals surface area (Å²) < 4.78 is 0. The average Bonchev–Trinajstić information content (AvgIpc) is 3.06. The van der Waals surface area contributed by atoms with Gasteiger partial charge in [0.1, 0.15) is 0 Å². The lowest BCUT2D eigenvalue weighted by Gasteiger charge is -2.33. The minimum atomic E-state index is -0.0297. The number of carbonyl (C=O) groups excluding carboxylic acids is 1. The van der Waals surface area contributed by atoms with Crippen LogP contribution in [-0.4, -0.2) is 67.1 Å². The van der Waals surface area contributed by atoms with Crippen molar-refractivity contribution in [3.63, 3.8) is 0 Å². The van der Waals surface area contributed by atoms with Crippen LogP contribution >= 0.6 is 0 Å².